The summed E-state index contributed by atoms with van der Waals surface area (Å²) in [5.74, 6) is 2.80. The highest BCUT2D eigenvalue weighted by molar-refractivity contribution is 5.80. The van der Waals surface area contributed by atoms with Crippen LogP contribution in [0.15, 0.2) is 4.99 Å². The molecule has 2 heterocycles. The van der Waals surface area contributed by atoms with E-state index in [1.807, 2.05) is 0 Å². The van der Waals surface area contributed by atoms with E-state index in [1.54, 1.807) is 0 Å². The number of hydrogen-bond acceptors (Lipinski definition) is 3. The Hall–Kier alpha value is -0.810. The van der Waals surface area contributed by atoms with Crippen molar-refractivity contribution >= 4 is 5.96 Å². The predicted molar refractivity (Wildman–Crippen MR) is 106 cm³/mol. The van der Waals surface area contributed by atoms with Crippen LogP contribution in [-0.4, -0.2) is 74.8 Å². The highest BCUT2D eigenvalue weighted by Gasteiger charge is 2.35. The molecule has 1 atom stereocenters. The number of nitrogens with zero attached hydrogens (tertiary/aromatic N) is 3. The van der Waals surface area contributed by atoms with E-state index in [0.29, 0.717) is 0 Å². The Kier molecular flexibility index (Phi) is 8.01. The maximum Gasteiger partial charge on any atom is 0.193 e. The van der Waals surface area contributed by atoms with E-state index in [1.165, 1.54) is 19.3 Å². The second kappa shape index (κ2) is 9.77. The fourth-order valence-corrected chi connectivity index (χ4v) is 4.47. The third-order valence-electron chi connectivity index (χ3n) is 6.47. The first-order valence-corrected chi connectivity index (χ1v) is 10.3. The number of aliphatic imine (C=N–C) groups is 1. The molecule has 2 aliphatic heterocycles. The van der Waals surface area contributed by atoms with Crippen LogP contribution in [0.25, 0.3) is 0 Å². The Labute approximate surface area is 155 Å². The van der Waals surface area contributed by atoms with Crippen LogP contribution in [0, 0.1) is 11.8 Å². The van der Waals surface area contributed by atoms with E-state index in [4.69, 9.17) is 9.73 Å². The molecule has 1 N–H and O–H groups in total. The van der Waals surface area contributed by atoms with E-state index in [-0.39, 0.29) is 5.54 Å². The first-order chi connectivity index (χ1) is 12.1. The number of rotatable bonds is 7. The van der Waals surface area contributed by atoms with E-state index in [2.05, 4.69) is 50.0 Å². The summed E-state index contributed by atoms with van der Waals surface area (Å²) in [6.45, 7) is 12.6. The number of likely N-dealkylation sites (N-methyl/N-ethyl adjacent to an activating group) is 1. The van der Waals surface area contributed by atoms with Crippen molar-refractivity contribution in [2.75, 3.05) is 53.5 Å². The summed E-state index contributed by atoms with van der Waals surface area (Å²) in [6, 6.07) is 0. The molecule has 2 fully saturated rings. The molecule has 25 heavy (non-hydrogen) atoms. The highest BCUT2D eigenvalue weighted by Crippen LogP contribution is 2.29. The third-order valence-corrected chi connectivity index (χ3v) is 6.47. The summed E-state index contributed by atoms with van der Waals surface area (Å²) >= 11 is 0. The Morgan fingerprint density at radius 2 is 1.92 bits per heavy atom. The smallest absolute Gasteiger partial charge is 0.193 e. The van der Waals surface area contributed by atoms with Gasteiger partial charge in [-0.25, -0.2) is 0 Å². The van der Waals surface area contributed by atoms with Crippen LogP contribution >= 0.6 is 0 Å². The van der Waals surface area contributed by atoms with Crippen LogP contribution in [0.5, 0.6) is 0 Å². The van der Waals surface area contributed by atoms with Crippen molar-refractivity contribution in [2.24, 2.45) is 16.8 Å². The SMILES string of the molecule is CCNC(=NCC1(N(C)C)CCOCC1)N1CCC(C(CC)CC)C1. The molecule has 2 saturated heterocycles. The molecule has 0 aromatic heterocycles. The van der Waals surface area contributed by atoms with Crippen LogP contribution in [0.3, 0.4) is 0 Å². The zero-order valence-corrected chi connectivity index (χ0v) is 17.2. The zero-order valence-electron chi connectivity index (χ0n) is 17.2. The Morgan fingerprint density at radius 3 is 2.48 bits per heavy atom. The molecular weight excluding hydrogens is 312 g/mol. The molecule has 0 aliphatic carbocycles. The van der Waals surface area contributed by atoms with Gasteiger partial charge >= 0.3 is 0 Å². The van der Waals surface area contributed by atoms with Crippen LogP contribution in [-0.2, 0) is 4.74 Å². The lowest BCUT2D eigenvalue weighted by molar-refractivity contribution is -0.00263. The molecule has 5 nitrogen and oxygen atoms in total. The third kappa shape index (κ3) is 5.10. The first kappa shape index (κ1) is 20.5. The summed E-state index contributed by atoms with van der Waals surface area (Å²) in [5, 5.41) is 3.54. The number of nitrogens with one attached hydrogen (secondary N) is 1. The first-order valence-electron chi connectivity index (χ1n) is 10.3. The van der Waals surface area contributed by atoms with Crippen molar-refractivity contribution in [3.8, 4) is 0 Å². The quantitative estimate of drug-likeness (QED) is 0.565. The molecule has 0 aromatic rings. The van der Waals surface area contributed by atoms with Gasteiger partial charge in [0, 0.05) is 38.4 Å². The molecule has 146 valence electrons. The van der Waals surface area contributed by atoms with Crippen molar-refractivity contribution in [1.29, 1.82) is 0 Å². The van der Waals surface area contributed by atoms with Gasteiger partial charge in [0.15, 0.2) is 5.96 Å². The van der Waals surface area contributed by atoms with Crippen molar-refractivity contribution in [3.05, 3.63) is 0 Å². The lowest BCUT2D eigenvalue weighted by Gasteiger charge is -2.42. The van der Waals surface area contributed by atoms with Gasteiger partial charge in [-0.2, -0.15) is 0 Å². The summed E-state index contributed by atoms with van der Waals surface area (Å²) in [6.07, 6.45) is 6.04. The fraction of sp³-hybridized carbons (Fsp3) is 0.950. The van der Waals surface area contributed by atoms with Crippen LogP contribution < -0.4 is 5.32 Å². The van der Waals surface area contributed by atoms with E-state index >= 15 is 0 Å². The van der Waals surface area contributed by atoms with E-state index < -0.39 is 0 Å². The van der Waals surface area contributed by atoms with Gasteiger partial charge in [-0.3, -0.25) is 4.99 Å². The molecule has 1 unspecified atom stereocenters. The fourth-order valence-electron chi connectivity index (χ4n) is 4.47. The average Bonchev–Trinajstić information content (AvgIpc) is 3.10. The Balaban J connectivity index is 2.05. The van der Waals surface area contributed by atoms with Crippen molar-refractivity contribution in [1.82, 2.24) is 15.1 Å². The van der Waals surface area contributed by atoms with Gasteiger partial charge in [-0.15, -0.1) is 0 Å². The molecule has 0 bridgehead atoms. The summed E-state index contributed by atoms with van der Waals surface area (Å²) in [5.41, 5.74) is 0.146. The number of hydrogen-bond donors (Lipinski definition) is 1. The summed E-state index contributed by atoms with van der Waals surface area (Å²) < 4.78 is 5.59. The topological polar surface area (TPSA) is 40.1 Å². The Bertz CT molecular complexity index is 414. The van der Waals surface area contributed by atoms with Gasteiger partial charge in [-0.1, -0.05) is 26.7 Å². The predicted octanol–water partition coefficient (Wildman–Crippen LogP) is 2.82. The lowest BCUT2D eigenvalue weighted by Crippen LogP contribution is -2.52. The molecule has 2 aliphatic rings. The van der Waals surface area contributed by atoms with Gasteiger partial charge in [0.05, 0.1) is 6.54 Å². The van der Waals surface area contributed by atoms with Crippen molar-refractivity contribution in [2.45, 2.75) is 58.4 Å². The Morgan fingerprint density at radius 1 is 1.24 bits per heavy atom. The molecule has 0 radical (unpaired) electrons. The largest absolute Gasteiger partial charge is 0.381 e. The zero-order chi connectivity index (χ0) is 18.3. The van der Waals surface area contributed by atoms with Gasteiger partial charge in [-0.05, 0) is 52.1 Å². The minimum absolute atomic E-state index is 0.146. The molecule has 0 spiro atoms. The van der Waals surface area contributed by atoms with Crippen molar-refractivity contribution < 1.29 is 4.74 Å². The molecule has 0 amide bonds. The summed E-state index contributed by atoms with van der Waals surface area (Å²) in [4.78, 5) is 9.95. The molecular formula is C20H40N4O. The van der Waals surface area contributed by atoms with E-state index in [9.17, 15) is 0 Å². The average molecular weight is 353 g/mol. The maximum atomic E-state index is 5.59. The van der Waals surface area contributed by atoms with Crippen LogP contribution in [0.1, 0.15) is 52.9 Å². The second-order valence-corrected chi connectivity index (χ2v) is 7.97. The number of likely N-dealkylation sites (tertiary alicyclic amines) is 1. The minimum atomic E-state index is 0.146. The van der Waals surface area contributed by atoms with Crippen LogP contribution in [0.2, 0.25) is 0 Å². The maximum absolute atomic E-state index is 5.59. The normalized spacial score (nSPS) is 24.4. The number of ether oxygens (including phenoxy) is 1. The molecule has 0 aromatic carbocycles. The highest BCUT2D eigenvalue weighted by atomic mass is 16.5. The van der Waals surface area contributed by atoms with Crippen LogP contribution in [0.4, 0.5) is 0 Å². The molecule has 0 saturated carbocycles. The second-order valence-electron chi connectivity index (χ2n) is 7.97. The summed E-state index contributed by atoms with van der Waals surface area (Å²) in [7, 11) is 4.37. The van der Waals surface area contributed by atoms with Gasteiger partial charge in [0.1, 0.15) is 0 Å². The molecule has 2 rings (SSSR count). The monoisotopic (exact) mass is 352 g/mol. The van der Waals surface area contributed by atoms with Crippen molar-refractivity contribution in [3.63, 3.8) is 0 Å². The standard InChI is InChI=1S/C20H40N4O/c1-6-17(7-2)18-9-12-24(15-18)19(21-8-3)22-16-20(23(4)5)10-13-25-14-11-20/h17-18H,6-16H2,1-5H3,(H,21,22). The number of guanidine groups is 1. The van der Waals surface area contributed by atoms with Gasteiger partial charge < -0.3 is 19.9 Å². The molecule has 5 heteroatoms. The van der Waals surface area contributed by atoms with E-state index in [0.717, 1.165) is 70.0 Å². The minimum Gasteiger partial charge on any atom is -0.381 e. The van der Waals surface area contributed by atoms with Gasteiger partial charge in [0.2, 0.25) is 0 Å². The van der Waals surface area contributed by atoms with Gasteiger partial charge in [0.25, 0.3) is 0 Å². The lowest BCUT2D eigenvalue weighted by atomic mass is 9.87.